The molecule has 27 heavy (non-hydrogen) atoms. The summed E-state index contributed by atoms with van der Waals surface area (Å²) in [6.45, 7) is 4.60. The minimum absolute atomic E-state index is 0.0422. The first-order chi connectivity index (χ1) is 12.5. The van der Waals surface area contributed by atoms with Crippen molar-refractivity contribution in [3.8, 4) is 0 Å². The Labute approximate surface area is 159 Å². The van der Waals surface area contributed by atoms with Gasteiger partial charge in [0.1, 0.15) is 18.2 Å². The van der Waals surface area contributed by atoms with Gasteiger partial charge in [-0.2, -0.15) is 0 Å². The van der Waals surface area contributed by atoms with E-state index in [1.807, 2.05) is 6.07 Å². The number of esters is 1. The standard InChI is InChI=1S/C18H27NO7S/c1-18(2,3)26-17(22)19-15(13-27(23,24)11-7-10-20)16(21)25-12-14-8-5-4-6-9-14/h4-6,8-9,15,20H,7,10-13H2,1-3H3,(H,19,22)/t15-/m0/s1. The number of nitrogens with one attached hydrogen (secondary N) is 1. The Hall–Kier alpha value is -2.13. The summed E-state index contributed by atoms with van der Waals surface area (Å²) in [4.78, 5) is 24.3. The van der Waals surface area contributed by atoms with Crippen molar-refractivity contribution < 1.29 is 32.6 Å². The summed E-state index contributed by atoms with van der Waals surface area (Å²) < 4.78 is 34.5. The Balaban J connectivity index is 2.81. The number of carbonyl (C=O) groups is 2. The van der Waals surface area contributed by atoms with E-state index in [-0.39, 0.29) is 25.4 Å². The number of hydrogen-bond donors (Lipinski definition) is 2. The van der Waals surface area contributed by atoms with Crippen molar-refractivity contribution in [2.75, 3.05) is 18.1 Å². The number of rotatable bonds is 9. The Morgan fingerprint density at radius 2 is 1.81 bits per heavy atom. The van der Waals surface area contributed by atoms with Crippen LogP contribution < -0.4 is 5.32 Å². The van der Waals surface area contributed by atoms with Crippen molar-refractivity contribution >= 4 is 21.9 Å². The number of carbonyl (C=O) groups excluding carboxylic acids is 2. The molecule has 1 atom stereocenters. The fourth-order valence-electron chi connectivity index (χ4n) is 2.07. The van der Waals surface area contributed by atoms with Crippen molar-refractivity contribution in [3.05, 3.63) is 35.9 Å². The second-order valence-electron chi connectivity index (χ2n) is 6.98. The van der Waals surface area contributed by atoms with Crippen molar-refractivity contribution in [2.45, 2.75) is 45.4 Å². The molecule has 2 N–H and O–H groups in total. The zero-order valence-corrected chi connectivity index (χ0v) is 16.6. The lowest BCUT2D eigenvalue weighted by Gasteiger charge is -2.23. The van der Waals surface area contributed by atoms with E-state index in [1.165, 1.54) is 0 Å². The van der Waals surface area contributed by atoms with E-state index in [1.54, 1.807) is 45.0 Å². The van der Waals surface area contributed by atoms with Gasteiger partial charge in [0.05, 0.1) is 11.5 Å². The SMILES string of the molecule is CC(C)(C)OC(=O)N[C@@H](CS(=O)(=O)CCCO)C(=O)OCc1ccccc1. The van der Waals surface area contributed by atoms with Crippen LogP contribution in [0.4, 0.5) is 4.79 Å². The molecule has 0 radical (unpaired) electrons. The van der Waals surface area contributed by atoms with Gasteiger partial charge >= 0.3 is 12.1 Å². The van der Waals surface area contributed by atoms with Gasteiger partial charge in [0.25, 0.3) is 0 Å². The Kier molecular flexibility index (Phi) is 8.71. The summed E-state index contributed by atoms with van der Waals surface area (Å²) in [7, 11) is -3.69. The van der Waals surface area contributed by atoms with Crippen LogP contribution in [0.2, 0.25) is 0 Å². The van der Waals surface area contributed by atoms with Gasteiger partial charge in [-0.3, -0.25) is 0 Å². The maximum Gasteiger partial charge on any atom is 0.408 e. The van der Waals surface area contributed by atoms with Crippen LogP contribution in [0.5, 0.6) is 0 Å². The number of ether oxygens (including phenoxy) is 2. The van der Waals surface area contributed by atoms with Crippen molar-refractivity contribution in [3.63, 3.8) is 0 Å². The molecular weight excluding hydrogens is 374 g/mol. The molecule has 0 saturated carbocycles. The molecule has 1 aromatic carbocycles. The van der Waals surface area contributed by atoms with Crippen LogP contribution in [-0.2, 0) is 30.7 Å². The van der Waals surface area contributed by atoms with Crippen LogP contribution in [0.25, 0.3) is 0 Å². The maximum atomic E-state index is 12.4. The zero-order chi connectivity index (χ0) is 20.5. The number of sulfone groups is 1. The number of alkyl carbamates (subject to hydrolysis) is 1. The smallest absolute Gasteiger partial charge is 0.408 e. The molecule has 152 valence electrons. The highest BCUT2D eigenvalue weighted by atomic mass is 32.2. The van der Waals surface area contributed by atoms with E-state index in [4.69, 9.17) is 14.6 Å². The van der Waals surface area contributed by atoms with Crippen LogP contribution >= 0.6 is 0 Å². The van der Waals surface area contributed by atoms with E-state index in [0.717, 1.165) is 5.56 Å². The molecule has 8 nitrogen and oxygen atoms in total. The highest BCUT2D eigenvalue weighted by Crippen LogP contribution is 2.09. The van der Waals surface area contributed by atoms with Gasteiger partial charge in [-0.25, -0.2) is 18.0 Å². The number of benzene rings is 1. The second kappa shape index (κ2) is 10.3. The number of amides is 1. The summed E-state index contributed by atoms with van der Waals surface area (Å²) >= 11 is 0. The molecule has 0 saturated heterocycles. The minimum atomic E-state index is -3.69. The third kappa shape index (κ3) is 9.95. The lowest BCUT2D eigenvalue weighted by Crippen LogP contribution is -2.48. The van der Waals surface area contributed by atoms with Gasteiger partial charge in [0, 0.05) is 6.61 Å². The summed E-state index contributed by atoms with van der Waals surface area (Å²) in [6, 6.07) is 7.46. The molecule has 0 aliphatic carbocycles. The summed E-state index contributed by atoms with van der Waals surface area (Å²) in [5, 5.41) is 11.1. The predicted octanol–water partition coefficient (Wildman–Crippen LogP) is 1.42. The summed E-state index contributed by atoms with van der Waals surface area (Å²) in [6.07, 6.45) is -0.873. The molecule has 0 spiro atoms. The summed E-state index contributed by atoms with van der Waals surface area (Å²) in [5.41, 5.74) is -0.0803. The van der Waals surface area contributed by atoms with Gasteiger partial charge in [0.15, 0.2) is 9.84 Å². The first kappa shape index (κ1) is 22.9. The van der Waals surface area contributed by atoms with Gasteiger partial charge in [-0.1, -0.05) is 30.3 Å². The van der Waals surface area contributed by atoms with E-state index >= 15 is 0 Å². The fourth-order valence-corrected chi connectivity index (χ4v) is 3.53. The van der Waals surface area contributed by atoms with E-state index < -0.39 is 39.3 Å². The highest BCUT2D eigenvalue weighted by molar-refractivity contribution is 7.91. The number of aliphatic hydroxyl groups is 1. The largest absolute Gasteiger partial charge is 0.459 e. The van der Waals surface area contributed by atoms with E-state index in [9.17, 15) is 18.0 Å². The monoisotopic (exact) mass is 401 g/mol. The van der Waals surface area contributed by atoms with Gasteiger partial charge in [-0.05, 0) is 32.8 Å². The van der Waals surface area contributed by atoms with Crippen molar-refractivity contribution in [1.82, 2.24) is 5.32 Å². The Bertz CT molecular complexity index is 711. The molecule has 1 amide bonds. The average Bonchev–Trinajstić information content (AvgIpc) is 2.56. The van der Waals surface area contributed by atoms with Crippen molar-refractivity contribution in [2.24, 2.45) is 0 Å². The molecule has 1 rings (SSSR count). The van der Waals surface area contributed by atoms with Gasteiger partial charge in [0.2, 0.25) is 0 Å². The number of hydrogen-bond acceptors (Lipinski definition) is 7. The molecule has 0 aromatic heterocycles. The Morgan fingerprint density at radius 3 is 2.37 bits per heavy atom. The summed E-state index contributed by atoms with van der Waals surface area (Å²) in [5.74, 6) is -1.82. The molecule has 0 fully saturated rings. The van der Waals surface area contributed by atoms with Crippen LogP contribution in [-0.4, -0.2) is 55.3 Å². The van der Waals surface area contributed by atoms with Gasteiger partial charge < -0.3 is 19.9 Å². The molecule has 9 heteroatoms. The fraction of sp³-hybridized carbons (Fsp3) is 0.556. The second-order valence-corrected chi connectivity index (χ2v) is 9.21. The first-order valence-corrected chi connectivity index (χ1v) is 10.4. The lowest BCUT2D eigenvalue weighted by molar-refractivity contribution is -0.146. The van der Waals surface area contributed by atoms with Crippen LogP contribution in [0.15, 0.2) is 30.3 Å². The molecule has 0 unspecified atom stereocenters. The van der Waals surface area contributed by atoms with Crippen molar-refractivity contribution in [1.29, 1.82) is 0 Å². The normalized spacial score (nSPS) is 12.9. The molecular formula is C18H27NO7S. The number of aliphatic hydroxyl groups excluding tert-OH is 1. The average molecular weight is 401 g/mol. The Morgan fingerprint density at radius 1 is 1.19 bits per heavy atom. The molecule has 0 aliphatic rings. The third-order valence-electron chi connectivity index (χ3n) is 3.23. The first-order valence-electron chi connectivity index (χ1n) is 8.54. The zero-order valence-electron chi connectivity index (χ0n) is 15.8. The topological polar surface area (TPSA) is 119 Å². The molecule has 0 heterocycles. The van der Waals surface area contributed by atoms with Crippen LogP contribution in [0, 0.1) is 0 Å². The molecule has 0 bridgehead atoms. The van der Waals surface area contributed by atoms with E-state index in [2.05, 4.69) is 5.32 Å². The van der Waals surface area contributed by atoms with E-state index in [0.29, 0.717) is 0 Å². The van der Waals surface area contributed by atoms with Gasteiger partial charge in [-0.15, -0.1) is 0 Å². The quantitative estimate of drug-likeness (QED) is 0.601. The minimum Gasteiger partial charge on any atom is -0.459 e. The highest BCUT2D eigenvalue weighted by Gasteiger charge is 2.30. The van der Waals surface area contributed by atoms with Crippen LogP contribution in [0.3, 0.4) is 0 Å². The third-order valence-corrected chi connectivity index (χ3v) is 4.99. The molecule has 1 aromatic rings. The maximum absolute atomic E-state index is 12.4. The lowest BCUT2D eigenvalue weighted by atomic mass is 10.2. The molecule has 0 aliphatic heterocycles. The van der Waals surface area contributed by atoms with Crippen LogP contribution in [0.1, 0.15) is 32.8 Å². The predicted molar refractivity (Wildman–Crippen MR) is 99.8 cm³/mol.